The molecule has 1 saturated heterocycles. The lowest BCUT2D eigenvalue weighted by Gasteiger charge is -2.52. The van der Waals surface area contributed by atoms with Crippen LogP contribution in [0.15, 0.2) is 29.9 Å². The zero-order valence-corrected chi connectivity index (χ0v) is 17.8. The van der Waals surface area contributed by atoms with E-state index in [9.17, 15) is 10.0 Å². The summed E-state index contributed by atoms with van der Waals surface area (Å²) in [7, 11) is 0. The summed E-state index contributed by atoms with van der Waals surface area (Å²) in [6.45, 7) is 0.985. The monoisotopic (exact) mass is 445 g/mol. The first-order valence-electron chi connectivity index (χ1n) is 10.7. The minimum absolute atomic E-state index is 0.0130. The number of rotatable bonds is 3. The summed E-state index contributed by atoms with van der Waals surface area (Å²) in [4.78, 5) is 26.8. The Bertz CT molecular complexity index is 1000. The highest BCUT2D eigenvalue weighted by Gasteiger charge is 2.63. The molecule has 3 heterocycles. The molecule has 0 bridgehead atoms. The Labute approximate surface area is 184 Å². The van der Waals surface area contributed by atoms with Crippen molar-refractivity contribution in [2.75, 3.05) is 13.2 Å². The number of halogens is 1. The van der Waals surface area contributed by atoms with Gasteiger partial charge in [-0.2, -0.15) is 0 Å². The molecule has 9 nitrogen and oxygen atoms in total. The highest BCUT2D eigenvalue weighted by Crippen LogP contribution is 2.56. The van der Waals surface area contributed by atoms with Crippen molar-refractivity contribution in [2.24, 2.45) is 16.5 Å². The summed E-state index contributed by atoms with van der Waals surface area (Å²) in [6, 6.07) is 1.59. The number of carbonyl (C=O) groups is 1. The lowest BCUT2D eigenvalue weighted by Crippen LogP contribution is -2.60. The molecule has 3 fully saturated rings. The van der Waals surface area contributed by atoms with Crippen LogP contribution < -0.4 is 0 Å². The SMILES string of the molecule is O=C1C(/C(=N\O)c2nc(Cl)cc(-n3ccnc3)n2)CCC[C@@]12CCCCC21OCCO1. The molecule has 2 aromatic rings. The third-order valence-corrected chi connectivity index (χ3v) is 7.04. The van der Waals surface area contributed by atoms with E-state index in [4.69, 9.17) is 21.1 Å². The maximum absolute atomic E-state index is 14.0. The van der Waals surface area contributed by atoms with Crippen molar-refractivity contribution in [1.82, 2.24) is 19.5 Å². The molecule has 2 spiro atoms. The number of ketones is 1. The molecule has 2 aromatic heterocycles. The first-order valence-corrected chi connectivity index (χ1v) is 11.0. The standard InChI is InChI=1S/C21H24ClN5O4/c22-15-12-16(27-9-8-23-13-27)25-19(24-15)17(26-29)14-4-3-6-20(18(14)28)5-1-2-7-21(20)30-10-11-31-21/h8-9,12-14,29H,1-7,10-11H2/b26-17+/t14?,20-/m0/s1. The minimum atomic E-state index is -0.876. The van der Waals surface area contributed by atoms with Gasteiger partial charge in [-0.3, -0.25) is 9.36 Å². The normalized spacial score (nSPS) is 28.5. The van der Waals surface area contributed by atoms with E-state index >= 15 is 0 Å². The Morgan fingerprint density at radius 1 is 1.19 bits per heavy atom. The van der Waals surface area contributed by atoms with Gasteiger partial charge in [0.15, 0.2) is 17.4 Å². The topological polar surface area (TPSA) is 112 Å². The number of fused-ring (bicyclic) bond motifs is 1. The summed E-state index contributed by atoms with van der Waals surface area (Å²) < 4.78 is 13.9. The van der Waals surface area contributed by atoms with Gasteiger partial charge in [0.1, 0.15) is 23.0 Å². The van der Waals surface area contributed by atoms with E-state index in [2.05, 4.69) is 20.1 Å². The number of hydrogen-bond donors (Lipinski definition) is 1. The van der Waals surface area contributed by atoms with Gasteiger partial charge in [-0.15, -0.1) is 0 Å². The van der Waals surface area contributed by atoms with Gasteiger partial charge in [-0.1, -0.05) is 29.6 Å². The van der Waals surface area contributed by atoms with E-state index in [0.717, 1.165) is 19.3 Å². The first kappa shape index (κ1) is 20.5. The second kappa shape index (κ2) is 7.96. The average Bonchev–Trinajstić information content (AvgIpc) is 3.47. The van der Waals surface area contributed by atoms with Gasteiger partial charge >= 0.3 is 0 Å². The van der Waals surface area contributed by atoms with Crippen LogP contribution in [0.1, 0.15) is 50.8 Å². The van der Waals surface area contributed by atoms with E-state index in [1.165, 1.54) is 0 Å². The van der Waals surface area contributed by atoms with E-state index in [1.807, 2.05) is 0 Å². The number of oxime groups is 1. The second-order valence-electron chi connectivity index (χ2n) is 8.38. The molecule has 0 radical (unpaired) electrons. The molecule has 1 unspecified atom stereocenters. The molecule has 2 atom stereocenters. The summed E-state index contributed by atoms with van der Waals surface area (Å²) in [5.74, 6) is -0.939. The summed E-state index contributed by atoms with van der Waals surface area (Å²) >= 11 is 6.24. The number of hydrogen-bond acceptors (Lipinski definition) is 8. The zero-order valence-electron chi connectivity index (χ0n) is 17.0. The van der Waals surface area contributed by atoms with Crippen molar-refractivity contribution in [3.8, 4) is 5.82 Å². The Morgan fingerprint density at radius 3 is 2.71 bits per heavy atom. The minimum Gasteiger partial charge on any atom is -0.411 e. The average molecular weight is 446 g/mol. The van der Waals surface area contributed by atoms with Crippen LogP contribution in [-0.2, 0) is 14.3 Å². The van der Waals surface area contributed by atoms with Crippen LogP contribution in [0, 0.1) is 11.3 Å². The lowest BCUT2D eigenvalue weighted by molar-refractivity contribution is -0.255. The van der Waals surface area contributed by atoms with Crippen molar-refractivity contribution in [1.29, 1.82) is 0 Å². The van der Waals surface area contributed by atoms with Crippen LogP contribution in [0.3, 0.4) is 0 Å². The fraction of sp³-hybridized carbons (Fsp3) is 0.571. The maximum atomic E-state index is 14.0. The largest absolute Gasteiger partial charge is 0.411 e. The molecule has 2 aliphatic carbocycles. The molecule has 2 saturated carbocycles. The van der Waals surface area contributed by atoms with Gasteiger partial charge < -0.3 is 14.7 Å². The predicted octanol–water partition coefficient (Wildman–Crippen LogP) is 3.17. The molecule has 10 heteroatoms. The van der Waals surface area contributed by atoms with Gasteiger partial charge in [0.05, 0.1) is 24.5 Å². The third kappa shape index (κ3) is 3.26. The molecule has 0 aromatic carbocycles. The molecule has 0 amide bonds. The smallest absolute Gasteiger partial charge is 0.181 e. The lowest BCUT2D eigenvalue weighted by atomic mass is 9.57. The number of aromatic nitrogens is 4. The molecule has 3 aliphatic rings. The van der Waals surface area contributed by atoms with Crippen LogP contribution in [0.5, 0.6) is 0 Å². The highest BCUT2D eigenvalue weighted by molar-refractivity contribution is 6.29. The van der Waals surface area contributed by atoms with Gasteiger partial charge in [-0.05, 0) is 25.7 Å². The summed E-state index contributed by atoms with van der Waals surface area (Å²) in [5.41, 5.74) is -0.613. The van der Waals surface area contributed by atoms with Crippen molar-refractivity contribution >= 4 is 23.1 Å². The molecule has 31 heavy (non-hydrogen) atoms. The Kier molecular flexibility index (Phi) is 5.27. The van der Waals surface area contributed by atoms with Crippen molar-refractivity contribution < 1.29 is 19.5 Å². The van der Waals surface area contributed by atoms with E-state index in [0.29, 0.717) is 44.7 Å². The van der Waals surface area contributed by atoms with E-state index in [1.54, 1.807) is 29.4 Å². The predicted molar refractivity (Wildman–Crippen MR) is 110 cm³/mol. The fourth-order valence-electron chi connectivity index (χ4n) is 5.49. The van der Waals surface area contributed by atoms with Crippen LogP contribution in [0.2, 0.25) is 5.15 Å². The summed E-state index contributed by atoms with van der Waals surface area (Å²) in [6.07, 6.45) is 10.3. The molecule has 1 N–H and O–H groups in total. The third-order valence-electron chi connectivity index (χ3n) is 6.84. The zero-order chi connectivity index (χ0) is 21.5. The van der Waals surface area contributed by atoms with Gasteiger partial charge in [0, 0.05) is 24.9 Å². The van der Waals surface area contributed by atoms with Crippen molar-refractivity contribution in [3.05, 3.63) is 35.8 Å². The quantitative estimate of drug-likeness (QED) is 0.334. The molecular formula is C21H24ClN5O4. The van der Waals surface area contributed by atoms with Crippen LogP contribution >= 0.6 is 11.6 Å². The van der Waals surface area contributed by atoms with Crippen LogP contribution in [-0.4, -0.2) is 55.2 Å². The second-order valence-corrected chi connectivity index (χ2v) is 8.76. The van der Waals surface area contributed by atoms with Gasteiger partial charge in [0.2, 0.25) is 0 Å². The Hall–Kier alpha value is -2.36. The maximum Gasteiger partial charge on any atom is 0.181 e. The van der Waals surface area contributed by atoms with E-state index < -0.39 is 17.1 Å². The number of ether oxygens (including phenoxy) is 2. The van der Waals surface area contributed by atoms with Gasteiger partial charge in [0.25, 0.3) is 0 Å². The molecular weight excluding hydrogens is 422 g/mol. The number of nitrogens with zero attached hydrogens (tertiary/aromatic N) is 5. The summed E-state index contributed by atoms with van der Waals surface area (Å²) in [5, 5.41) is 13.6. The van der Waals surface area contributed by atoms with Gasteiger partial charge in [-0.25, -0.2) is 15.0 Å². The van der Waals surface area contributed by atoms with Crippen LogP contribution in [0.25, 0.3) is 5.82 Å². The van der Waals surface area contributed by atoms with Crippen LogP contribution in [0.4, 0.5) is 0 Å². The van der Waals surface area contributed by atoms with E-state index in [-0.39, 0.29) is 22.5 Å². The first-order chi connectivity index (χ1) is 15.1. The number of imidazole rings is 1. The van der Waals surface area contributed by atoms with Crippen molar-refractivity contribution in [2.45, 2.75) is 50.7 Å². The Balaban J connectivity index is 1.53. The Morgan fingerprint density at radius 2 is 1.97 bits per heavy atom. The van der Waals surface area contributed by atoms with Crippen molar-refractivity contribution in [3.63, 3.8) is 0 Å². The number of Topliss-reactive ketones (excluding diaryl/α,β-unsaturated/α-hetero) is 1. The fourth-order valence-corrected chi connectivity index (χ4v) is 5.67. The number of carbonyl (C=O) groups excluding carboxylic acids is 1. The molecule has 1 aliphatic heterocycles. The molecule has 5 rings (SSSR count). The highest BCUT2D eigenvalue weighted by atomic mass is 35.5. The molecule has 164 valence electrons.